The molecule has 0 spiro atoms. The van der Waals surface area contributed by atoms with E-state index in [0.717, 1.165) is 29.8 Å². The molecule has 0 fully saturated rings. The Morgan fingerprint density at radius 2 is 1.92 bits per heavy atom. The highest BCUT2D eigenvalue weighted by atomic mass is 16.5. The highest BCUT2D eigenvalue weighted by Gasteiger charge is 2.18. The lowest BCUT2D eigenvalue weighted by atomic mass is 9.96. The van der Waals surface area contributed by atoms with Crippen molar-refractivity contribution in [2.75, 3.05) is 27.9 Å². The number of allylic oxidation sites excluding steroid dienone is 1. The van der Waals surface area contributed by atoms with Gasteiger partial charge in [-0.15, -0.1) is 0 Å². The molecule has 0 radical (unpaired) electrons. The second-order valence-corrected chi connectivity index (χ2v) is 5.71. The highest BCUT2D eigenvalue weighted by Crippen LogP contribution is 2.34. The molecule has 0 aromatic heterocycles. The Labute approximate surface area is 153 Å². The third-order valence-corrected chi connectivity index (χ3v) is 4.02. The minimum atomic E-state index is -0.564. The Hall–Kier alpha value is -2.94. The van der Waals surface area contributed by atoms with E-state index in [-0.39, 0.29) is 5.78 Å². The number of benzene rings is 1. The zero-order valence-corrected chi connectivity index (χ0v) is 15.3. The molecule has 1 heterocycles. The number of ether oxygens (including phenoxy) is 3. The fourth-order valence-electron chi connectivity index (χ4n) is 2.70. The van der Waals surface area contributed by atoms with Crippen LogP contribution in [0, 0.1) is 11.8 Å². The van der Waals surface area contributed by atoms with Gasteiger partial charge in [0, 0.05) is 42.6 Å². The lowest BCUT2D eigenvalue weighted by Crippen LogP contribution is -2.23. The number of esters is 1. The van der Waals surface area contributed by atoms with Crippen LogP contribution in [0.4, 0.5) is 0 Å². The van der Waals surface area contributed by atoms with Crippen molar-refractivity contribution in [3.8, 4) is 23.3 Å². The van der Waals surface area contributed by atoms with Crippen LogP contribution in [0.5, 0.6) is 11.5 Å². The van der Waals surface area contributed by atoms with Crippen molar-refractivity contribution in [3.05, 3.63) is 29.3 Å². The van der Waals surface area contributed by atoms with Gasteiger partial charge in [0.2, 0.25) is 0 Å². The van der Waals surface area contributed by atoms with Crippen LogP contribution >= 0.6 is 0 Å². The number of methoxy groups -OCH3 is 3. The monoisotopic (exact) mass is 357 g/mol. The normalized spacial score (nSPS) is 13.7. The summed E-state index contributed by atoms with van der Waals surface area (Å²) in [5, 5.41) is 3.27. The summed E-state index contributed by atoms with van der Waals surface area (Å²) in [7, 11) is 4.48. The van der Waals surface area contributed by atoms with E-state index in [1.807, 2.05) is 12.1 Å². The van der Waals surface area contributed by atoms with Gasteiger partial charge in [0.15, 0.2) is 17.3 Å². The number of hydrogen-bond donors (Lipinski definition) is 1. The summed E-state index contributed by atoms with van der Waals surface area (Å²) in [6.07, 6.45) is 3.90. The summed E-state index contributed by atoms with van der Waals surface area (Å²) in [5.41, 5.74) is 2.86. The van der Waals surface area contributed by atoms with Gasteiger partial charge >= 0.3 is 5.97 Å². The number of nitrogens with one attached hydrogen (secondary N) is 1. The summed E-state index contributed by atoms with van der Waals surface area (Å²) >= 11 is 0. The maximum atomic E-state index is 12.2. The molecule has 2 rings (SSSR count). The summed E-state index contributed by atoms with van der Waals surface area (Å²) < 4.78 is 15.1. The number of hydrogen-bond acceptors (Lipinski definition) is 6. The highest BCUT2D eigenvalue weighted by molar-refractivity contribution is 5.97. The smallest absolute Gasteiger partial charge is 0.384 e. The summed E-state index contributed by atoms with van der Waals surface area (Å²) in [5.74, 6) is 5.80. The number of fused-ring (bicyclic) bond motifs is 1. The lowest BCUT2D eigenvalue weighted by Gasteiger charge is -2.23. The average Bonchev–Trinajstić information content (AvgIpc) is 2.66. The molecule has 1 aromatic rings. The average molecular weight is 357 g/mol. The largest absolute Gasteiger partial charge is 0.493 e. The second-order valence-electron chi connectivity index (χ2n) is 5.71. The first-order valence-corrected chi connectivity index (χ1v) is 8.39. The van der Waals surface area contributed by atoms with E-state index in [9.17, 15) is 9.59 Å². The van der Waals surface area contributed by atoms with Gasteiger partial charge in [0.1, 0.15) is 0 Å². The van der Waals surface area contributed by atoms with E-state index in [1.165, 1.54) is 7.11 Å². The van der Waals surface area contributed by atoms with E-state index in [0.29, 0.717) is 30.8 Å². The molecule has 0 atom stereocenters. The Balaban J connectivity index is 2.06. The maximum absolute atomic E-state index is 12.2. The Morgan fingerprint density at radius 1 is 1.19 bits per heavy atom. The van der Waals surface area contributed by atoms with Crippen LogP contribution in [-0.4, -0.2) is 39.6 Å². The van der Waals surface area contributed by atoms with Gasteiger partial charge in [-0.25, -0.2) is 4.79 Å². The van der Waals surface area contributed by atoms with Gasteiger partial charge in [-0.05, 0) is 30.5 Å². The van der Waals surface area contributed by atoms with Crippen LogP contribution in [0.1, 0.15) is 30.4 Å². The molecule has 0 saturated heterocycles. The van der Waals surface area contributed by atoms with Crippen LogP contribution in [0.2, 0.25) is 0 Å². The van der Waals surface area contributed by atoms with E-state index in [4.69, 9.17) is 9.47 Å². The second kappa shape index (κ2) is 9.52. The lowest BCUT2D eigenvalue weighted by molar-refractivity contribution is -0.133. The van der Waals surface area contributed by atoms with Crippen LogP contribution in [0.25, 0.3) is 5.70 Å². The molecule has 0 bridgehead atoms. The third-order valence-electron chi connectivity index (χ3n) is 4.02. The standard InChI is InChI=1S/C20H23NO5/c1-24-18-11-14-9-10-21-17(16(14)13-19(18)25-2)12-15(22)7-5-4-6-8-20(23)26-3/h11-13,21H,4-5,7,9-10H2,1-3H3/b17-12-. The predicted molar refractivity (Wildman–Crippen MR) is 97.9 cm³/mol. The van der Waals surface area contributed by atoms with Crippen LogP contribution < -0.4 is 14.8 Å². The van der Waals surface area contributed by atoms with Gasteiger partial charge in [0.05, 0.1) is 21.3 Å². The molecule has 6 heteroatoms. The molecule has 1 aliphatic heterocycles. The van der Waals surface area contributed by atoms with E-state index in [2.05, 4.69) is 21.9 Å². The van der Waals surface area contributed by atoms with Crippen LogP contribution in [0.3, 0.4) is 0 Å². The topological polar surface area (TPSA) is 73.9 Å². The first-order valence-electron chi connectivity index (χ1n) is 8.39. The number of carbonyl (C=O) groups is 2. The molecule has 0 aliphatic carbocycles. The number of rotatable bonds is 6. The molecular weight excluding hydrogens is 334 g/mol. The van der Waals surface area contributed by atoms with Crippen molar-refractivity contribution in [2.24, 2.45) is 0 Å². The molecule has 0 saturated carbocycles. The minimum Gasteiger partial charge on any atom is -0.493 e. The quantitative estimate of drug-likeness (QED) is 0.276. The molecular formula is C20H23NO5. The predicted octanol–water partition coefficient (Wildman–Crippen LogP) is 2.11. The first-order chi connectivity index (χ1) is 12.6. The number of ketones is 1. The van der Waals surface area contributed by atoms with Gasteiger partial charge in [-0.2, -0.15) is 0 Å². The zero-order valence-electron chi connectivity index (χ0n) is 15.3. The summed E-state index contributed by atoms with van der Waals surface area (Å²) in [6, 6.07) is 3.84. The SMILES string of the molecule is COC(=O)C#CCCCC(=O)/C=C1\NCCc2cc(OC)c(OC)cc21. The number of unbranched alkanes of at least 4 members (excludes halogenated alkanes) is 1. The van der Waals surface area contributed by atoms with Crippen molar-refractivity contribution >= 4 is 17.4 Å². The van der Waals surface area contributed by atoms with Gasteiger partial charge in [0.25, 0.3) is 0 Å². The fraction of sp³-hybridized carbons (Fsp3) is 0.400. The number of carbonyl (C=O) groups excluding carboxylic acids is 2. The third kappa shape index (κ3) is 5.03. The molecule has 1 N–H and O–H groups in total. The fourth-order valence-corrected chi connectivity index (χ4v) is 2.70. The Morgan fingerprint density at radius 3 is 2.62 bits per heavy atom. The van der Waals surface area contributed by atoms with Crippen molar-refractivity contribution in [3.63, 3.8) is 0 Å². The van der Waals surface area contributed by atoms with E-state index < -0.39 is 5.97 Å². The van der Waals surface area contributed by atoms with Crippen molar-refractivity contribution < 1.29 is 23.8 Å². The van der Waals surface area contributed by atoms with Crippen molar-refractivity contribution in [1.29, 1.82) is 0 Å². The molecule has 138 valence electrons. The summed E-state index contributed by atoms with van der Waals surface area (Å²) in [4.78, 5) is 23.1. The Bertz CT molecular complexity index is 770. The van der Waals surface area contributed by atoms with Gasteiger partial charge in [-0.1, -0.05) is 5.92 Å². The van der Waals surface area contributed by atoms with Gasteiger partial charge in [-0.3, -0.25) is 4.79 Å². The summed E-state index contributed by atoms with van der Waals surface area (Å²) in [6.45, 7) is 0.756. The van der Waals surface area contributed by atoms with E-state index in [1.54, 1.807) is 20.3 Å². The van der Waals surface area contributed by atoms with E-state index >= 15 is 0 Å². The Kier molecular flexibility index (Phi) is 7.10. The molecule has 6 nitrogen and oxygen atoms in total. The molecule has 0 amide bonds. The van der Waals surface area contributed by atoms with Crippen LogP contribution in [0.15, 0.2) is 18.2 Å². The minimum absolute atomic E-state index is 0.00926. The zero-order chi connectivity index (χ0) is 18.9. The molecule has 1 aliphatic rings. The molecule has 1 aromatic carbocycles. The maximum Gasteiger partial charge on any atom is 0.384 e. The first kappa shape index (κ1) is 19.4. The van der Waals surface area contributed by atoms with Crippen LogP contribution in [-0.2, 0) is 20.7 Å². The van der Waals surface area contributed by atoms with Crippen molar-refractivity contribution in [2.45, 2.75) is 25.7 Å². The molecule has 0 unspecified atom stereocenters. The van der Waals surface area contributed by atoms with Crippen molar-refractivity contribution in [1.82, 2.24) is 5.32 Å². The van der Waals surface area contributed by atoms with Gasteiger partial charge < -0.3 is 19.5 Å². The molecule has 26 heavy (non-hydrogen) atoms.